The van der Waals surface area contributed by atoms with Gasteiger partial charge in [0, 0.05) is 12.1 Å². The molecule has 84 valence electrons. The number of rotatable bonds is 3. The summed E-state index contributed by atoms with van der Waals surface area (Å²) in [6, 6.07) is 5.79. The van der Waals surface area contributed by atoms with E-state index in [-0.39, 0.29) is 0 Å². The van der Waals surface area contributed by atoms with Gasteiger partial charge in [-0.2, -0.15) is 0 Å². The molecular weight excluding hydrogens is 198 g/mol. The van der Waals surface area contributed by atoms with Gasteiger partial charge in [-0.3, -0.25) is 0 Å². The zero-order valence-electron chi connectivity index (χ0n) is 9.53. The Hall–Kier alpha value is -1.54. The lowest BCUT2D eigenvalue weighted by atomic mass is 9.97. The number of nitrogens with one attached hydrogen (secondary N) is 1. The van der Waals surface area contributed by atoms with E-state index in [2.05, 4.69) is 23.5 Å². The Morgan fingerprint density at radius 1 is 1.31 bits per heavy atom. The second-order valence-electron chi connectivity index (χ2n) is 4.01. The van der Waals surface area contributed by atoms with E-state index in [1.165, 1.54) is 11.1 Å². The summed E-state index contributed by atoms with van der Waals surface area (Å²) in [5, 5.41) is 12.7. The SMILES string of the molecule is CNCc1cc(C2=CCCC=C2)ccc1O. The third-order valence-electron chi connectivity index (χ3n) is 2.78. The van der Waals surface area contributed by atoms with Crippen LogP contribution in [0.15, 0.2) is 36.4 Å². The molecule has 0 bridgehead atoms. The number of hydrogen-bond acceptors (Lipinski definition) is 2. The fourth-order valence-corrected chi connectivity index (χ4v) is 1.92. The van der Waals surface area contributed by atoms with Crippen LogP contribution in [0.1, 0.15) is 24.0 Å². The molecule has 1 aromatic carbocycles. The van der Waals surface area contributed by atoms with Gasteiger partial charge in [0.05, 0.1) is 0 Å². The molecule has 2 heteroatoms. The zero-order chi connectivity index (χ0) is 11.4. The van der Waals surface area contributed by atoms with Crippen LogP contribution >= 0.6 is 0 Å². The highest BCUT2D eigenvalue weighted by Crippen LogP contribution is 2.26. The van der Waals surface area contributed by atoms with Gasteiger partial charge >= 0.3 is 0 Å². The number of phenolic OH excluding ortho intramolecular Hbond substituents is 1. The highest BCUT2D eigenvalue weighted by atomic mass is 16.3. The first-order valence-corrected chi connectivity index (χ1v) is 5.65. The van der Waals surface area contributed by atoms with Crippen LogP contribution < -0.4 is 5.32 Å². The summed E-state index contributed by atoms with van der Waals surface area (Å²) in [5.74, 6) is 0.360. The van der Waals surface area contributed by atoms with Crippen molar-refractivity contribution in [3.05, 3.63) is 47.6 Å². The molecule has 0 atom stereocenters. The minimum absolute atomic E-state index is 0.360. The van der Waals surface area contributed by atoms with Crippen LogP contribution in [-0.2, 0) is 6.54 Å². The van der Waals surface area contributed by atoms with Crippen molar-refractivity contribution in [3.63, 3.8) is 0 Å². The second kappa shape index (κ2) is 4.99. The first kappa shape index (κ1) is 11.0. The van der Waals surface area contributed by atoms with Crippen LogP contribution in [0, 0.1) is 0 Å². The number of allylic oxidation sites excluding steroid dienone is 4. The van der Waals surface area contributed by atoms with E-state index in [0.717, 1.165) is 18.4 Å². The molecule has 0 radical (unpaired) electrons. The lowest BCUT2D eigenvalue weighted by molar-refractivity contribution is 0.466. The summed E-state index contributed by atoms with van der Waals surface area (Å²) in [4.78, 5) is 0. The molecule has 0 aliphatic heterocycles. The lowest BCUT2D eigenvalue weighted by Crippen LogP contribution is -2.05. The molecule has 0 heterocycles. The summed E-state index contributed by atoms with van der Waals surface area (Å²) in [6.45, 7) is 0.691. The smallest absolute Gasteiger partial charge is 0.120 e. The monoisotopic (exact) mass is 215 g/mol. The summed E-state index contributed by atoms with van der Waals surface area (Å²) in [7, 11) is 1.88. The van der Waals surface area contributed by atoms with Crippen molar-refractivity contribution in [3.8, 4) is 5.75 Å². The Morgan fingerprint density at radius 3 is 2.88 bits per heavy atom. The van der Waals surface area contributed by atoms with Gasteiger partial charge in [0.25, 0.3) is 0 Å². The number of aromatic hydroxyl groups is 1. The van der Waals surface area contributed by atoms with Crippen LogP contribution in [0.3, 0.4) is 0 Å². The molecule has 2 rings (SSSR count). The van der Waals surface area contributed by atoms with Crippen molar-refractivity contribution in [1.29, 1.82) is 0 Å². The van der Waals surface area contributed by atoms with Gasteiger partial charge in [0.1, 0.15) is 5.75 Å². The molecule has 0 unspecified atom stereocenters. The standard InChI is InChI=1S/C14H17NO/c1-15-10-13-9-12(7-8-14(13)16)11-5-3-2-4-6-11/h3,5-9,15-16H,2,4,10H2,1H3. The van der Waals surface area contributed by atoms with E-state index in [1.807, 2.05) is 19.2 Å². The Labute approximate surface area is 96.3 Å². The maximum atomic E-state index is 9.69. The maximum Gasteiger partial charge on any atom is 0.120 e. The lowest BCUT2D eigenvalue weighted by Gasteiger charge is -2.10. The van der Waals surface area contributed by atoms with Gasteiger partial charge in [-0.05, 0) is 43.2 Å². The minimum Gasteiger partial charge on any atom is -0.508 e. The third-order valence-corrected chi connectivity index (χ3v) is 2.78. The summed E-state index contributed by atoms with van der Waals surface area (Å²) < 4.78 is 0. The molecule has 0 saturated carbocycles. The summed E-state index contributed by atoms with van der Waals surface area (Å²) in [5.41, 5.74) is 3.38. The van der Waals surface area contributed by atoms with E-state index in [0.29, 0.717) is 12.3 Å². The number of benzene rings is 1. The average Bonchev–Trinajstić information content (AvgIpc) is 2.33. The molecule has 1 aromatic rings. The molecule has 1 aliphatic rings. The predicted octanol–water partition coefficient (Wildman–Crippen LogP) is 2.85. The van der Waals surface area contributed by atoms with Crippen molar-refractivity contribution in [2.75, 3.05) is 7.05 Å². The Kier molecular flexibility index (Phi) is 3.42. The molecule has 2 N–H and O–H groups in total. The normalized spacial score (nSPS) is 14.9. The van der Waals surface area contributed by atoms with Crippen LogP contribution in [0.4, 0.5) is 0 Å². The fourth-order valence-electron chi connectivity index (χ4n) is 1.92. The van der Waals surface area contributed by atoms with E-state index >= 15 is 0 Å². The molecule has 0 saturated heterocycles. The maximum absolute atomic E-state index is 9.69. The molecule has 16 heavy (non-hydrogen) atoms. The molecule has 0 amide bonds. The van der Waals surface area contributed by atoms with Gasteiger partial charge < -0.3 is 10.4 Å². The van der Waals surface area contributed by atoms with Crippen LogP contribution in [0.25, 0.3) is 5.57 Å². The van der Waals surface area contributed by atoms with Gasteiger partial charge in [-0.15, -0.1) is 0 Å². The first-order chi connectivity index (χ1) is 7.81. The first-order valence-electron chi connectivity index (χ1n) is 5.65. The Morgan fingerprint density at radius 2 is 2.19 bits per heavy atom. The van der Waals surface area contributed by atoms with Gasteiger partial charge in [-0.25, -0.2) is 0 Å². The highest BCUT2D eigenvalue weighted by molar-refractivity contribution is 5.75. The van der Waals surface area contributed by atoms with E-state index < -0.39 is 0 Å². The van der Waals surface area contributed by atoms with E-state index in [9.17, 15) is 5.11 Å². The van der Waals surface area contributed by atoms with Gasteiger partial charge in [-0.1, -0.05) is 24.3 Å². The zero-order valence-corrected chi connectivity index (χ0v) is 9.53. The predicted molar refractivity (Wildman–Crippen MR) is 67.2 cm³/mol. The molecule has 0 aromatic heterocycles. The summed E-state index contributed by atoms with van der Waals surface area (Å²) in [6.07, 6.45) is 8.83. The van der Waals surface area contributed by atoms with Crippen LogP contribution in [0.5, 0.6) is 5.75 Å². The number of hydrogen-bond donors (Lipinski definition) is 2. The molecule has 0 spiro atoms. The molecule has 0 fully saturated rings. The van der Waals surface area contributed by atoms with Crippen LogP contribution in [0.2, 0.25) is 0 Å². The van der Waals surface area contributed by atoms with Crippen molar-refractivity contribution >= 4 is 5.57 Å². The average molecular weight is 215 g/mol. The third kappa shape index (κ3) is 2.34. The van der Waals surface area contributed by atoms with Gasteiger partial charge in [0.15, 0.2) is 0 Å². The quantitative estimate of drug-likeness (QED) is 0.812. The molecule has 1 aliphatic carbocycles. The minimum atomic E-state index is 0.360. The van der Waals surface area contributed by atoms with E-state index in [4.69, 9.17) is 0 Å². The second-order valence-corrected chi connectivity index (χ2v) is 4.01. The Balaban J connectivity index is 2.31. The highest BCUT2D eigenvalue weighted by Gasteiger charge is 2.05. The summed E-state index contributed by atoms with van der Waals surface area (Å²) >= 11 is 0. The fraction of sp³-hybridized carbons (Fsp3) is 0.286. The van der Waals surface area contributed by atoms with Crippen molar-refractivity contribution < 1.29 is 5.11 Å². The van der Waals surface area contributed by atoms with Crippen LogP contribution in [-0.4, -0.2) is 12.2 Å². The number of phenols is 1. The van der Waals surface area contributed by atoms with Crippen molar-refractivity contribution in [2.24, 2.45) is 0 Å². The molecular formula is C14H17NO. The molecule has 2 nitrogen and oxygen atoms in total. The van der Waals surface area contributed by atoms with Crippen molar-refractivity contribution in [1.82, 2.24) is 5.32 Å². The van der Waals surface area contributed by atoms with E-state index in [1.54, 1.807) is 6.07 Å². The van der Waals surface area contributed by atoms with Gasteiger partial charge in [0.2, 0.25) is 0 Å². The Bertz CT molecular complexity index is 432. The largest absolute Gasteiger partial charge is 0.508 e. The van der Waals surface area contributed by atoms with Crippen molar-refractivity contribution in [2.45, 2.75) is 19.4 Å². The topological polar surface area (TPSA) is 32.3 Å².